The van der Waals surface area contributed by atoms with E-state index in [9.17, 15) is 0 Å². The van der Waals surface area contributed by atoms with Crippen molar-refractivity contribution in [2.75, 3.05) is 13.2 Å². The van der Waals surface area contributed by atoms with Gasteiger partial charge in [0.1, 0.15) is 6.10 Å². The maximum Gasteiger partial charge on any atom is 0.169 e. The molecule has 3 atom stereocenters. The molecule has 3 rings (SSSR count). The maximum absolute atomic E-state index is 6.26. The Bertz CT molecular complexity index is 260. The first kappa shape index (κ1) is 11.9. The molecule has 2 heterocycles. The van der Waals surface area contributed by atoms with Crippen molar-refractivity contribution in [1.29, 1.82) is 0 Å². The van der Waals surface area contributed by atoms with E-state index in [0.717, 1.165) is 26.1 Å². The van der Waals surface area contributed by atoms with Gasteiger partial charge in [-0.15, -0.1) is 0 Å². The molecule has 0 aromatic heterocycles. The molecular formula is C14H24O3. The monoisotopic (exact) mass is 240 g/mol. The molecule has 0 N–H and O–H groups in total. The molecule has 3 unspecified atom stereocenters. The summed E-state index contributed by atoms with van der Waals surface area (Å²) in [5.74, 6) is 0.426. The van der Waals surface area contributed by atoms with Crippen molar-refractivity contribution >= 4 is 0 Å². The highest BCUT2D eigenvalue weighted by Crippen LogP contribution is 2.41. The van der Waals surface area contributed by atoms with E-state index < -0.39 is 0 Å². The molecule has 2 saturated heterocycles. The number of hydrogen-bond donors (Lipinski definition) is 0. The van der Waals surface area contributed by atoms with E-state index in [1.54, 1.807) is 0 Å². The van der Waals surface area contributed by atoms with Gasteiger partial charge in [-0.2, -0.15) is 0 Å². The van der Waals surface area contributed by atoms with Gasteiger partial charge in [-0.3, -0.25) is 0 Å². The largest absolute Gasteiger partial charge is 0.375 e. The molecule has 1 spiro atoms. The van der Waals surface area contributed by atoms with Gasteiger partial charge in [0.15, 0.2) is 5.79 Å². The molecule has 0 aromatic rings. The molecule has 2 aliphatic heterocycles. The molecule has 0 amide bonds. The molecule has 1 saturated carbocycles. The van der Waals surface area contributed by atoms with E-state index in [2.05, 4.69) is 6.92 Å². The molecule has 3 nitrogen and oxygen atoms in total. The summed E-state index contributed by atoms with van der Waals surface area (Å²) in [4.78, 5) is 0. The van der Waals surface area contributed by atoms with Crippen LogP contribution >= 0.6 is 0 Å². The van der Waals surface area contributed by atoms with E-state index in [4.69, 9.17) is 14.2 Å². The SMILES string of the molecule is CCC1CCOC1C1COC2(CCCCC2)O1. The molecule has 0 aromatic carbocycles. The Labute approximate surface area is 104 Å². The second kappa shape index (κ2) is 4.87. The second-order valence-electron chi connectivity index (χ2n) is 5.73. The lowest BCUT2D eigenvalue weighted by Gasteiger charge is -2.32. The van der Waals surface area contributed by atoms with E-state index in [1.807, 2.05) is 0 Å². The molecule has 0 radical (unpaired) electrons. The minimum atomic E-state index is -0.243. The fourth-order valence-corrected chi connectivity index (χ4v) is 3.60. The second-order valence-corrected chi connectivity index (χ2v) is 5.73. The van der Waals surface area contributed by atoms with Gasteiger partial charge in [0.25, 0.3) is 0 Å². The Morgan fingerprint density at radius 3 is 2.76 bits per heavy atom. The van der Waals surface area contributed by atoms with Crippen LogP contribution < -0.4 is 0 Å². The normalized spacial score (nSPS) is 41.1. The van der Waals surface area contributed by atoms with Crippen molar-refractivity contribution in [2.45, 2.75) is 69.9 Å². The Hall–Kier alpha value is -0.120. The summed E-state index contributed by atoms with van der Waals surface area (Å²) in [6.45, 7) is 3.88. The molecule has 17 heavy (non-hydrogen) atoms. The third-order valence-corrected chi connectivity index (χ3v) is 4.65. The summed E-state index contributed by atoms with van der Waals surface area (Å²) in [7, 11) is 0. The summed E-state index contributed by atoms with van der Waals surface area (Å²) >= 11 is 0. The highest BCUT2D eigenvalue weighted by atomic mass is 16.8. The quantitative estimate of drug-likeness (QED) is 0.743. The number of rotatable bonds is 2. The average Bonchev–Trinajstić information content (AvgIpc) is 2.97. The third kappa shape index (κ3) is 2.25. The lowest BCUT2D eigenvalue weighted by Crippen LogP contribution is -2.37. The van der Waals surface area contributed by atoms with Gasteiger partial charge in [0.05, 0.1) is 12.7 Å². The summed E-state index contributed by atoms with van der Waals surface area (Å²) in [6, 6.07) is 0. The van der Waals surface area contributed by atoms with Crippen LogP contribution in [-0.2, 0) is 14.2 Å². The maximum atomic E-state index is 6.26. The summed E-state index contributed by atoms with van der Waals surface area (Å²) in [5.41, 5.74) is 0. The molecule has 3 aliphatic rings. The molecule has 1 aliphatic carbocycles. The van der Waals surface area contributed by atoms with E-state index in [0.29, 0.717) is 5.92 Å². The first-order valence-corrected chi connectivity index (χ1v) is 7.26. The van der Waals surface area contributed by atoms with Crippen LogP contribution in [0.25, 0.3) is 0 Å². The van der Waals surface area contributed by atoms with Crippen molar-refractivity contribution in [2.24, 2.45) is 5.92 Å². The van der Waals surface area contributed by atoms with Crippen LogP contribution in [0, 0.1) is 5.92 Å². The Kier molecular flexibility index (Phi) is 3.42. The minimum Gasteiger partial charge on any atom is -0.375 e. The van der Waals surface area contributed by atoms with E-state index in [-0.39, 0.29) is 18.0 Å². The van der Waals surface area contributed by atoms with Crippen LogP contribution in [0.1, 0.15) is 51.9 Å². The highest BCUT2D eigenvalue weighted by molar-refractivity contribution is 4.90. The zero-order valence-electron chi connectivity index (χ0n) is 10.8. The summed E-state index contributed by atoms with van der Waals surface area (Å²) in [5, 5.41) is 0. The average molecular weight is 240 g/mol. The van der Waals surface area contributed by atoms with Crippen LogP contribution in [0.15, 0.2) is 0 Å². The zero-order chi connectivity index (χ0) is 11.7. The van der Waals surface area contributed by atoms with Crippen molar-refractivity contribution in [3.63, 3.8) is 0 Å². The third-order valence-electron chi connectivity index (χ3n) is 4.65. The fraction of sp³-hybridized carbons (Fsp3) is 1.00. The standard InChI is InChI=1S/C14H24O3/c1-2-11-6-9-15-13(11)12-10-16-14(17-12)7-4-3-5-8-14/h11-13H,2-10H2,1H3. The van der Waals surface area contributed by atoms with Gasteiger partial charge in [-0.25, -0.2) is 0 Å². The molecule has 3 fully saturated rings. The van der Waals surface area contributed by atoms with Crippen LogP contribution in [-0.4, -0.2) is 31.2 Å². The van der Waals surface area contributed by atoms with Gasteiger partial charge in [0, 0.05) is 19.4 Å². The van der Waals surface area contributed by atoms with Crippen molar-refractivity contribution in [3.05, 3.63) is 0 Å². The summed E-state index contributed by atoms with van der Waals surface area (Å²) in [6.07, 6.45) is 8.81. The Morgan fingerprint density at radius 2 is 2.00 bits per heavy atom. The van der Waals surface area contributed by atoms with Crippen LogP contribution in [0.4, 0.5) is 0 Å². The molecule has 98 valence electrons. The van der Waals surface area contributed by atoms with Crippen molar-refractivity contribution in [1.82, 2.24) is 0 Å². The first-order chi connectivity index (χ1) is 8.33. The Morgan fingerprint density at radius 1 is 1.18 bits per heavy atom. The summed E-state index contributed by atoms with van der Waals surface area (Å²) < 4.78 is 18.1. The molecule has 0 bridgehead atoms. The van der Waals surface area contributed by atoms with Gasteiger partial charge in [0.2, 0.25) is 0 Å². The number of hydrogen-bond acceptors (Lipinski definition) is 3. The first-order valence-electron chi connectivity index (χ1n) is 7.26. The topological polar surface area (TPSA) is 27.7 Å². The van der Waals surface area contributed by atoms with E-state index >= 15 is 0 Å². The molecule has 3 heteroatoms. The minimum absolute atomic E-state index is 0.181. The van der Waals surface area contributed by atoms with Gasteiger partial charge in [-0.05, 0) is 25.2 Å². The van der Waals surface area contributed by atoms with Crippen LogP contribution in [0.2, 0.25) is 0 Å². The lowest BCUT2D eigenvalue weighted by atomic mass is 9.93. The molecular weight excluding hydrogens is 216 g/mol. The fourth-order valence-electron chi connectivity index (χ4n) is 3.60. The van der Waals surface area contributed by atoms with Crippen molar-refractivity contribution < 1.29 is 14.2 Å². The van der Waals surface area contributed by atoms with E-state index in [1.165, 1.54) is 32.1 Å². The Balaban J connectivity index is 1.63. The van der Waals surface area contributed by atoms with Gasteiger partial charge >= 0.3 is 0 Å². The predicted octanol–water partition coefficient (Wildman–Crippen LogP) is 2.88. The van der Waals surface area contributed by atoms with Gasteiger partial charge in [-0.1, -0.05) is 19.8 Å². The number of ether oxygens (including phenoxy) is 3. The highest BCUT2D eigenvalue weighted by Gasteiger charge is 2.47. The zero-order valence-corrected chi connectivity index (χ0v) is 10.8. The smallest absolute Gasteiger partial charge is 0.169 e. The predicted molar refractivity (Wildman–Crippen MR) is 64.8 cm³/mol. The van der Waals surface area contributed by atoms with Crippen LogP contribution in [0.5, 0.6) is 0 Å². The lowest BCUT2D eigenvalue weighted by molar-refractivity contribution is -0.197. The van der Waals surface area contributed by atoms with Crippen molar-refractivity contribution in [3.8, 4) is 0 Å². The van der Waals surface area contributed by atoms with Crippen LogP contribution in [0.3, 0.4) is 0 Å². The van der Waals surface area contributed by atoms with Gasteiger partial charge < -0.3 is 14.2 Å².